The number of aromatic nitrogens is 2. The van der Waals surface area contributed by atoms with Crippen molar-refractivity contribution in [2.24, 2.45) is 11.3 Å². The van der Waals surface area contributed by atoms with Gasteiger partial charge in [-0.25, -0.2) is 4.63 Å². The Morgan fingerprint density at radius 1 is 1.50 bits per heavy atom. The molecule has 1 aromatic heterocycles. The molecule has 1 aromatic carbocycles. The Bertz CT molecular complexity index is 715. The topological polar surface area (TPSA) is 83.3 Å². The van der Waals surface area contributed by atoms with Gasteiger partial charge < -0.3 is 15.5 Å². The van der Waals surface area contributed by atoms with Crippen molar-refractivity contribution in [2.75, 3.05) is 33.2 Å². The van der Waals surface area contributed by atoms with E-state index in [-0.39, 0.29) is 11.3 Å². The minimum Gasteiger partial charge on any atom is -0.351 e. The first kappa shape index (κ1) is 13.7. The molecule has 22 heavy (non-hydrogen) atoms. The fourth-order valence-electron chi connectivity index (χ4n) is 3.79. The Labute approximate surface area is 128 Å². The van der Waals surface area contributed by atoms with Gasteiger partial charge in [0.25, 0.3) is 0 Å². The van der Waals surface area contributed by atoms with E-state index in [0.717, 1.165) is 37.3 Å². The number of carbonyl (C=O) groups excluding carboxylic acids is 1. The van der Waals surface area contributed by atoms with Crippen molar-refractivity contribution in [1.29, 1.82) is 0 Å². The van der Waals surface area contributed by atoms with Gasteiger partial charge in [0.05, 0.1) is 5.41 Å². The third kappa shape index (κ3) is 2.08. The van der Waals surface area contributed by atoms with E-state index in [9.17, 15) is 4.79 Å². The highest BCUT2D eigenvalue weighted by Gasteiger charge is 2.53. The molecule has 0 unspecified atom stereocenters. The van der Waals surface area contributed by atoms with E-state index >= 15 is 0 Å². The lowest BCUT2D eigenvalue weighted by atomic mass is 9.80. The van der Waals surface area contributed by atoms with Gasteiger partial charge in [-0.3, -0.25) is 4.79 Å². The first-order chi connectivity index (χ1) is 10.7. The summed E-state index contributed by atoms with van der Waals surface area (Å²) in [4.78, 5) is 15.0. The fourth-order valence-corrected chi connectivity index (χ4v) is 3.79. The lowest BCUT2D eigenvalue weighted by Gasteiger charge is -2.26. The molecule has 2 atom stereocenters. The summed E-state index contributed by atoms with van der Waals surface area (Å²) in [5, 5.41) is 14.1. The minimum absolute atomic E-state index is 0.144. The van der Waals surface area contributed by atoms with Gasteiger partial charge in [-0.05, 0) is 35.1 Å². The SMILES string of the molecule is CN1C[C@H]2CNC[C@@]2(C(=O)NCc2ccc3nonc3c2)C1. The second-order valence-corrected chi connectivity index (χ2v) is 6.45. The quantitative estimate of drug-likeness (QED) is 0.830. The zero-order valence-electron chi connectivity index (χ0n) is 12.5. The normalized spacial score (nSPS) is 28.1. The zero-order valence-corrected chi connectivity index (χ0v) is 12.5. The second-order valence-electron chi connectivity index (χ2n) is 6.45. The molecule has 4 rings (SSSR count). The highest BCUT2D eigenvalue weighted by Crippen LogP contribution is 2.38. The predicted octanol–water partition coefficient (Wildman–Crippen LogP) is -0.00980. The van der Waals surface area contributed by atoms with E-state index in [1.54, 1.807) is 0 Å². The molecule has 7 nitrogen and oxygen atoms in total. The van der Waals surface area contributed by atoms with Gasteiger partial charge in [-0.2, -0.15) is 0 Å². The van der Waals surface area contributed by atoms with Gasteiger partial charge in [0, 0.05) is 38.6 Å². The number of likely N-dealkylation sites (tertiary alicyclic amines) is 1. The Kier molecular flexibility index (Phi) is 3.12. The van der Waals surface area contributed by atoms with Crippen LogP contribution >= 0.6 is 0 Å². The molecule has 2 aliphatic rings. The van der Waals surface area contributed by atoms with Crippen LogP contribution in [0.4, 0.5) is 0 Å². The van der Waals surface area contributed by atoms with Crippen LogP contribution in [-0.4, -0.2) is 54.3 Å². The van der Waals surface area contributed by atoms with Crippen molar-refractivity contribution >= 4 is 16.9 Å². The van der Waals surface area contributed by atoms with Crippen LogP contribution in [0.1, 0.15) is 5.56 Å². The molecular formula is C15H19N5O2. The van der Waals surface area contributed by atoms with Crippen molar-refractivity contribution in [3.8, 4) is 0 Å². The zero-order chi connectivity index (χ0) is 15.2. The van der Waals surface area contributed by atoms with Gasteiger partial charge in [-0.15, -0.1) is 0 Å². The maximum absolute atomic E-state index is 12.8. The molecule has 0 saturated carbocycles. The fraction of sp³-hybridized carbons (Fsp3) is 0.533. The molecule has 0 bridgehead atoms. The third-order valence-corrected chi connectivity index (χ3v) is 4.92. The Hall–Kier alpha value is -1.99. The molecule has 2 aliphatic heterocycles. The van der Waals surface area contributed by atoms with Crippen molar-refractivity contribution in [3.63, 3.8) is 0 Å². The largest absolute Gasteiger partial charge is 0.351 e. The molecule has 3 heterocycles. The highest BCUT2D eigenvalue weighted by molar-refractivity contribution is 5.84. The number of nitrogens with zero attached hydrogens (tertiary/aromatic N) is 3. The third-order valence-electron chi connectivity index (χ3n) is 4.92. The number of amides is 1. The van der Waals surface area contributed by atoms with Crippen LogP contribution in [0.15, 0.2) is 22.8 Å². The van der Waals surface area contributed by atoms with Crippen LogP contribution in [0.3, 0.4) is 0 Å². The van der Waals surface area contributed by atoms with E-state index in [0.29, 0.717) is 18.0 Å². The molecule has 2 fully saturated rings. The molecule has 0 aliphatic carbocycles. The van der Waals surface area contributed by atoms with Crippen LogP contribution in [0.2, 0.25) is 0 Å². The number of carbonyl (C=O) groups is 1. The summed E-state index contributed by atoms with van der Waals surface area (Å²) in [6, 6.07) is 5.69. The Morgan fingerprint density at radius 3 is 3.27 bits per heavy atom. The number of nitrogens with one attached hydrogen (secondary N) is 2. The number of hydrogen-bond donors (Lipinski definition) is 2. The standard InChI is InChI=1S/C15H19N5O2/c1-20-7-11-6-16-8-15(11,9-20)14(21)17-5-10-2-3-12-13(4-10)19-22-18-12/h2-4,11,16H,5-9H2,1H3,(H,17,21)/t11-,15-/m1/s1. The van der Waals surface area contributed by atoms with E-state index in [1.165, 1.54) is 0 Å². The summed E-state index contributed by atoms with van der Waals surface area (Å²) in [6.45, 7) is 3.99. The molecule has 7 heteroatoms. The van der Waals surface area contributed by atoms with Crippen molar-refractivity contribution in [1.82, 2.24) is 25.8 Å². The molecule has 0 radical (unpaired) electrons. The maximum Gasteiger partial charge on any atom is 0.229 e. The lowest BCUT2D eigenvalue weighted by Crippen LogP contribution is -2.46. The van der Waals surface area contributed by atoms with E-state index in [4.69, 9.17) is 4.63 Å². The number of fused-ring (bicyclic) bond motifs is 2. The average Bonchev–Trinajstić information content (AvgIpc) is 3.17. The van der Waals surface area contributed by atoms with Crippen molar-refractivity contribution in [2.45, 2.75) is 6.54 Å². The molecule has 1 amide bonds. The van der Waals surface area contributed by atoms with Gasteiger partial charge in [-0.1, -0.05) is 6.07 Å². The van der Waals surface area contributed by atoms with Crippen molar-refractivity contribution < 1.29 is 9.42 Å². The van der Waals surface area contributed by atoms with Gasteiger partial charge in [0.2, 0.25) is 5.91 Å². The van der Waals surface area contributed by atoms with E-state index < -0.39 is 0 Å². The first-order valence-corrected chi connectivity index (χ1v) is 7.56. The van der Waals surface area contributed by atoms with Crippen LogP contribution in [0.5, 0.6) is 0 Å². The van der Waals surface area contributed by atoms with E-state index in [2.05, 4.69) is 32.9 Å². The molecule has 116 valence electrons. The van der Waals surface area contributed by atoms with Gasteiger partial charge >= 0.3 is 0 Å². The molecule has 0 spiro atoms. The number of hydrogen-bond acceptors (Lipinski definition) is 6. The molecular weight excluding hydrogens is 282 g/mol. The smallest absolute Gasteiger partial charge is 0.229 e. The molecule has 2 aromatic rings. The summed E-state index contributed by atoms with van der Waals surface area (Å²) in [7, 11) is 2.08. The minimum atomic E-state index is -0.283. The molecule has 2 N–H and O–H groups in total. The lowest BCUT2D eigenvalue weighted by molar-refractivity contribution is -0.130. The van der Waals surface area contributed by atoms with Gasteiger partial charge in [0.15, 0.2) is 0 Å². The monoisotopic (exact) mass is 301 g/mol. The Morgan fingerprint density at radius 2 is 2.36 bits per heavy atom. The first-order valence-electron chi connectivity index (χ1n) is 7.56. The number of rotatable bonds is 3. The van der Waals surface area contributed by atoms with Gasteiger partial charge in [0.1, 0.15) is 11.0 Å². The van der Waals surface area contributed by atoms with Crippen LogP contribution in [0, 0.1) is 11.3 Å². The maximum atomic E-state index is 12.8. The van der Waals surface area contributed by atoms with Crippen LogP contribution < -0.4 is 10.6 Å². The highest BCUT2D eigenvalue weighted by atomic mass is 16.6. The van der Waals surface area contributed by atoms with Crippen LogP contribution in [0.25, 0.3) is 11.0 Å². The number of benzene rings is 1. The summed E-state index contributed by atoms with van der Waals surface area (Å²) in [5.41, 5.74) is 2.16. The van der Waals surface area contributed by atoms with E-state index in [1.807, 2.05) is 18.2 Å². The van der Waals surface area contributed by atoms with Crippen LogP contribution in [-0.2, 0) is 11.3 Å². The average molecular weight is 301 g/mol. The summed E-state index contributed by atoms with van der Waals surface area (Å²) < 4.78 is 4.69. The second kappa shape index (κ2) is 5.03. The summed E-state index contributed by atoms with van der Waals surface area (Å²) in [5.74, 6) is 0.546. The molecule has 2 saturated heterocycles. The van der Waals surface area contributed by atoms with Crippen molar-refractivity contribution in [3.05, 3.63) is 23.8 Å². The Balaban J connectivity index is 1.47. The summed E-state index contributed by atoms with van der Waals surface area (Å²) in [6.07, 6.45) is 0. The summed E-state index contributed by atoms with van der Waals surface area (Å²) >= 11 is 0. The predicted molar refractivity (Wildman–Crippen MR) is 79.9 cm³/mol.